The van der Waals surface area contributed by atoms with Crippen LogP contribution in [0.2, 0.25) is 0 Å². The van der Waals surface area contributed by atoms with Crippen LogP contribution in [0.15, 0.2) is 10.3 Å². The van der Waals surface area contributed by atoms with E-state index < -0.39 is 0 Å². The zero-order valence-electron chi connectivity index (χ0n) is 5.70. The summed E-state index contributed by atoms with van der Waals surface area (Å²) >= 11 is 0. The van der Waals surface area contributed by atoms with Gasteiger partial charge in [0.1, 0.15) is 18.9 Å². The molecule has 5 nitrogen and oxygen atoms in total. The van der Waals surface area contributed by atoms with E-state index in [0.29, 0.717) is 0 Å². The highest BCUT2D eigenvalue weighted by atomic mass is 16.6. The van der Waals surface area contributed by atoms with Gasteiger partial charge in [0, 0.05) is 0 Å². The Hall–Kier alpha value is -1.57. The Morgan fingerprint density at radius 3 is 2.60 bits per heavy atom. The maximum absolute atomic E-state index is 8.31. The van der Waals surface area contributed by atoms with Crippen LogP contribution in [0, 0.1) is 11.3 Å². The maximum atomic E-state index is 8.31. The Kier molecular flexibility index (Phi) is 3.64. The van der Waals surface area contributed by atoms with Gasteiger partial charge in [0.15, 0.2) is 0 Å². The predicted octanol–water partition coefficient (Wildman–Crippen LogP) is 0.362. The summed E-state index contributed by atoms with van der Waals surface area (Å²) in [7, 11) is 1.31. The summed E-state index contributed by atoms with van der Waals surface area (Å²) in [5.41, 5.74) is 0.0920. The minimum Gasteiger partial charge on any atom is -0.411 e. The van der Waals surface area contributed by atoms with Gasteiger partial charge in [0.05, 0.1) is 0 Å². The molecule has 0 fully saturated rings. The lowest BCUT2D eigenvalue weighted by Crippen LogP contribution is -2.07. The SMILES string of the molecule is CON=C(C#N)C(C)=NO. The molecule has 0 saturated carbocycles. The van der Waals surface area contributed by atoms with Crippen molar-refractivity contribution in [2.45, 2.75) is 6.92 Å². The molecule has 5 heteroatoms. The van der Waals surface area contributed by atoms with Gasteiger partial charge >= 0.3 is 0 Å². The van der Waals surface area contributed by atoms with E-state index in [2.05, 4.69) is 15.1 Å². The van der Waals surface area contributed by atoms with Crippen LogP contribution in [0.5, 0.6) is 0 Å². The Bertz CT molecular complexity index is 201. The van der Waals surface area contributed by atoms with E-state index in [4.69, 9.17) is 10.5 Å². The van der Waals surface area contributed by atoms with Gasteiger partial charge < -0.3 is 10.0 Å². The number of hydrogen-bond acceptors (Lipinski definition) is 5. The number of oxime groups is 2. The summed E-state index contributed by atoms with van der Waals surface area (Å²) in [5.74, 6) is 0. The third-order valence-electron chi connectivity index (χ3n) is 0.781. The second kappa shape index (κ2) is 4.32. The summed E-state index contributed by atoms with van der Waals surface area (Å²) in [5, 5.41) is 22.5. The maximum Gasteiger partial charge on any atom is 0.204 e. The smallest absolute Gasteiger partial charge is 0.204 e. The second-order valence-electron chi connectivity index (χ2n) is 1.42. The molecule has 0 aliphatic rings. The number of nitriles is 1. The van der Waals surface area contributed by atoms with E-state index >= 15 is 0 Å². The van der Waals surface area contributed by atoms with Gasteiger partial charge in [-0.1, -0.05) is 10.3 Å². The molecule has 0 spiro atoms. The minimum atomic E-state index is -0.0370. The van der Waals surface area contributed by atoms with Gasteiger partial charge in [-0.25, -0.2) is 0 Å². The van der Waals surface area contributed by atoms with Crippen LogP contribution in [0.25, 0.3) is 0 Å². The molecular weight excluding hydrogens is 134 g/mol. The van der Waals surface area contributed by atoms with Gasteiger partial charge in [-0.3, -0.25) is 0 Å². The van der Waals surface area contributed by atoms with Crippen LogP contribution < -0.4 is 0 Å². The van der Waals surface area contributed by atoms with Crippen molar-refractivity contribution in [1.29, 1.82) is 5.26 Å². The molecule has 0 aromatic carbocycles. The molecule has 0 heterocycles. The summed E-state index contributed by atoms with van der Waals surface area (Å²) in [6.07, 6.45) is 0. The molecule has 0 unspecified atom stereocenters. The van der Waals surface area contributed by atoms with Crippen molar-refractivity contribution < 1.29 is 10.0 Å². The molecule has 10 heavy (non-hydrogen) atoms. The van der Waals surface area contributed by atoms with E-state index in [1.807, 2.05) is 0 Å². The van der Waals surface area contributed by atoms with Crippen molar-refractivity contribution >= 4 is 11.4 Å². The first kappa shape index (κ1) is 8.43. The molecule has 0 amide bonds. The average molecular weight is 141 g/mol. The molecule has 1 N–H and O–H groups in total. The van der Waals surface area contributed by atoms with E-state index in [9.17, 15) is 0 Å². The lowest BCUT2D eigenvalue weighted by atomic mass is 10.3. The van der Waals surface area contributed by atoms with Crippen molar-refractivity contribution in [2.24, 2.45) is 10.3 Å². The monoisotopic (exact) mass is 141 g/mol. The minimum absolute atomic E-state index is 0.0370. The Balaban J connectivity index is 4.41. The molecule has 0 bridgehead atoms. The van der Waals surface area contributed by atoms with Crippen LogP contribution in [0.3, 0.4) is 0 Å². The van der Waals surface area contributed by atoms with Gasteiger partial charge in [-0.15, -0.1) is 0 Å². The first-order valence-electron chi connectivity index (χ1n) is 2.46. The van der Waals surface area contributed by atoms with Crippen molar-refractivity contribution in [2.75, 3.05) is 7.11 Å². The molecule has 0 aromatic rings. The molecular formula is C5H7N3O2. The second-order valence-corrected chi connectivity index (χ2v) is 1.42. The summed E-state index contributed by atoms with van der Waals surface area (Å²) < 4.78 is 0. The van der Waals surface area contributed by atoms with Crippen molar-refractivity contribution in [1.82, 2.24) is 0 Å². The van der Waals surface area contributed by atoms with Gasteiger partial charge in [-0.05, 0) is 6.92 Å². The van der Waals surface area contributed by atoms with Crippen LogP contribution in [-0.4, -0.2) is 23.7 Å². The average Bonchev–Trinajstić information content (AvgIpc) is 1.99. The topological polar surface area (TPSA) is 78.0 Å². The molecule has 0 aromatic heterocycles. The normalized spacial score (nSPS) is 12.5. The highest BCUT2D eigenvalue weighted by Gasteiger charge is 2.01. The third-order valence-corrected chi connectivity index (χ3v) is 0.781. The molecule has 54 valence electrons. The fraction of sp³-hybridized carbons (Fsp3) is 0.400. The zero-order chi connectivity index (χ0) is 7.98. The fourth-order valence-electron chi connectivity index (χ4n) is 0.306. The molecule has 0 radical (unpaired) electrons. The van der Waals surface area contributed by atoms with Gasteiger partial charge in [0.2, 0.25) is 5.71 Å². The summed E-state index contributed by atoms with van der Waals surface area (Å²) in [6, 6.07) is 1.69. The van der Waals surface area contributed by atoms with Crippen LogP contribution in [0.1, 0.15) is 6.92 Å². The zero-order valence-corrected chi connectivity index (χ0v) is 5.70. The van der Waals surface area contributed by atoms with Crippen LogP contribution in [0.4, 0.5) is 0 Å². The van der Waals surface area contributed by atoms with E-state index in [1.54, 1.807) is 6.07 Å². The third kappa shape index (κ3) is 2.13. The largest absolute Gasteiger partial charge is 0.411 e. The van der Waals surface area contributed by atoms with Crippen LogP contribution in [-0.2, 0) is 4.84 Å². The lowest BCUT2D eigenvalue weighted by molar-refractivity contribution is 0.214. The Morgan fingerprint density at radius 1 is 1.70 bits per heavy atom. The molecule has 0 aliphatic heterocycles. The first-order chi connectivity index (χ1) is 4.76. The highest BCUT2D eigenvalue weighted by Crippen LogP contribution is 1.82. The van der Waals surface area contributed by atoms with Crippen LogP contribution >= 0.6 is 0 Å². The van der Waals surface area contributed by atoms with Gasteiger partial charge in [0.25, 0.3) is 0 Å². The van der Waals surface area contributed by atoms with Crippen molar-refractivity contribution in [3.05, 3.63) is 0 Å². The molecule has 0 atom stereocenters. The number of hydrogen-bond donors (Lipinski definition) is 1. The lowest BCUT2D eigenvalue weighted by Gasteiger charge is -1.90. The van der Waals surface area contributed by atoms with E-state index in [-0.39, 0.29) is 11.4 Å². The first-order valence-corrected chi connectivity index (χ1v) is 2.46. The number of rotatable bonds is 2. The van der Waals surface area contributed by atoms with Gasteiger partial charge in [-0.2, -0.15) is 5.26 Å². The standard InChI is InChI=1S/C5H7N3O2/c1-4(7-9)5(3-6)8-10-2/h9H,1-2H3. The van der Waals surface area contributed by atoms with Crippen molar-refractivity contribution in [3.8, 4) is 6.07 Å². The summed E-state index contributed by atoms with van der Waals surface area (Å²) in [4.78, 5) is 4.29. The van der Waals surface area contributed by atoms with E-state index in [0.717, 1.165) is 0 Å². The number of nitrogens with zero attached hydrogens (tertiary/aromatic N) is 3. The molecule has 0 saturated heterocycles. The molecule has 0 aliphatic carbocycles. The fourth-order valence-corrected chi connectivity index (χ4v) is 0.306. The predicted molar refractivity (Wildman–Crippen MR) is 35.0 cm³/mol. The molecule has 0 rings (SSSR count). The van der Waals surface area contributed by atoms with E-state index in [1.165, 1.54) is 14.0 Å². The Morgan fingerprint density at radius 2 is 2.30 bits per heavy atom. The Labute approximate surface area is 58.2 Å². The quantitative estimate of drug-likeness (QED) is 0.342. The van der Waals surface area contributed by atoms with Crippen molar-refractivity contribution in [3.63, 3.8) is 0 Å². The highest BCUT2D eigenvalue weighted by molar-refractivity contribution is 6.47. The summed E-state index contributed by atoms with van der Waals surface area (Å²) in [6.45, 7) is 1.45.